The van der Waals surface area contributed by atoms with E-state index in [1.54, 1.807) is 0 Å². The fraction of sp³-hybridized carbons (Fsp3) is 0.706. The first-order valence-corrected chi connectivity index (χ1v) is 17.4. The van der Waals surface area contributed by atoms with E-state index >= 15 is 0 Å². The number of likely N-dealkylation sites (tertiary alicyclic amines) is 1. The second kappa shape index (κ2) is 12.0. The third-order valence-corrected chi connectivity index (χ3v) is 12.7. The number of nitrogens with one attached hydrogen (secondary N) is 1. The fourth-order valence-electron chi connectivity index (χ4n) is 9.18. The smallest absolute Gasteiger partial charge is 0.256 e. The van der Waals surface area contributed by atoms with Gasteiger partial charge in [-0.05, 0) is 75.9 Å². The van der Waals surface area contributed by atoms with Gasteiger partial charge in [0.05, 0.1) is 29.9 Å². The number of hydrogen-bond donors (Lipinski definition) is 1. The molecule has 0 spiro atoms. The van der Waals surface area contributed by atoms with Gasteiger partial charge in [-0.25, -0.2) is 0 Å². The molecule has 1 amide bonds. The van der Waals surface area contributed by atoms with Gasteiger partial charge < -0.3 is 19.9 Å². The maximum Gasteiger partial charge on any atom is 0.256 e. The fourth-order valence-corrected chi connectivity index (χ4v) is 10.5. The first kappa shape index (κ1) is 28.0. The van der Waals surface area contributed by atoms with Gasteiger partial charge in [0.1, 0.15) is 0 Å². The van der Waals surface area contributed by atoms with E-state index in [1.165, 1.54) is 44.1 Å². The summed E-state index contributed by atoms with van der Waals surface area (Å²) in [6, 6.07) is 11.5. The molecule has 3 aliphatic heterocycles. The Morgan fingerprint density at radius 2 is 1.80 bits per heavy atom. The minimum Gasteiger partial charge on any atom is -0.371 e. The Balaban J connectivity index is 1.11. The summed E-state index contributed by atoms with van der Waals surface area (Å²) in [4.78, 5) is 32.6. The largest absolute Gasteiger partial charge is 0.371 e. The number of thioether (sulfide) groups is 1. The van der Waals surface area contributed by atoms with E-state index < -0.39 is 0 Å². The van der Waals surface area contributed by atoms with Crippen molar-refractivity contribution in [1.82, 2.24) is 15.1 Å². The molecule has 9 unspecified atom stereocenters. The summed E-state index contributed by atoms with van der Waals surface area (Å²) < 4.78 is 7.00. The number of nitrogens with zero attached hydrogens (tertiary/aromatic N) is 2. The molecule has 9 atom stereocenters. The van der Waals surface area contributed by atoms with E-state index in [9.17, 15) is 9.59 Å². The molecule has 41 heavy (non-hydrogen) atoms. The molecule has 222 valence electrons. The molecular formula is C34H47N3O3S. The highest BCUT2D eigenvalue weighted by Gasteiger charge is 2.56. The molecule has 0 aromatic heterocycles. The number of hydrogen-bond acceptors (Lipinski definition) is 6. The van der Waals surface area contributed by atoms with Crippen molar-refractivity contribution in [1.29, 1.82) is 0 Å². The summed E-state index contributed by atoms with van der Waals surface area (Å²) in [7, 11) is 2.18. The van der Waals surface area contributed by atoms with Crippen LogP contribution in [0.3, 0.4) is 0 Å². The molecule has 2 saturated heterocycles. The molecule has 0 bridgehead atoms. The first-order valence-electron chi connectivity index (χ1n) is 16.4. The number of ether oxygens (including phenoxy) is 1. The molecule has 7 heteroatoms. The summed E-state index contributed by atoms with van der Waals surface area (Å²) >= 11 is 1.96. The lowest BCUT2D eigenvalue weighted by molar-refractivity contribution is -0.192. The SMILES string of the molecule is CN1CCCC1CCNC(=O)C1=CN2C3CC4CCCCC4CC3OC3CC(SCc4ccccc4)CC(C1=O)C32. The Kier molecular flexibility index (Phi) is 8.22. The summed E-state index contributed by atoms with van der Waals surface area (Å²) in [5.41, 5.74) is 1.72. The number of rotatable bonds is 7. The van der Waals surface area contributed by atoms with E-state index in [2.05, 4.69) is 52.5 Å². The summed E-state index contributed by atoms with van der Waals surface area (Å²) in [5, 5.41) is 3.51. The number of carbonyl (C=O) groups excluding carboxylic acids is 2. The average molecular weight is 578 g/mol. The van der Waals surface area contributed by atoms with Gasteiger partial charge in [0.25, 0.3) is 5.91 Å². The van der Waals surface area contributed by atoms with Crippen LogP contribution in [-0.4, -0.2) is 77.2 Å². The van der Waals surface area contributed by atoms with Crippen molar-refractivity contribution in [2.24, 2.45) is 17.8 Å². The van der Waals surface area contributed by atoms with Gasteiger partial charge in [-0.2, -0.15) is 11.8 Å². The minimum absolute atomic E-state index is 0.0464. The van der Waals surface area contributed by atoms with Gasteiger partial charge in [0.2, 0.25) is 0 Å². The predicted octanol–water partition coefficient (Wildman–Crippen LogP) is 5.17. The van der Waals surface area contributed by atoms with Crippen LogP contribution in [0.5, 0.6) is 0 Å². The molecule has 1 N–H and O–H groups in total. The zero-order valence-electron chi connectivity index (χ0n) is 24.6. The summed E-state index contributed by atoms with van der Waals surface area (Å²) in [6.45, 7) is 1.76. The normalized spacial score (nSPS) is 38.5. The van der Waals surface area contributed by atoms with Crippen molar-refractivity contribution < 1.29 is 14.3 Å². The van der Waals surface area contributed by atoms with E-state index in [0.29, 0.717) is 23.4 Å². The minimum atomic E-state index is -0.168. The molecular weight excluding hydrogens is 530 g/mol. The number of fused-ring (bicyclic) bond motifs is 3. The zero-order valence-corrected chi connectivity index (χ0v) is 25.4. The average Bonchev–Trinajstić information content (AvgIpc) is 3.41. The highest BCUT2D eigenvalue weighted by atomic mass is 32.2. The monoisotopic (exact) mass is 577 g/mol. The first-order chi connectivity index (χ1) is 20.0. The molecule has 5 fully saturated rings. The number of amides is 1. The van der Waals surface area contributed by atoms with Crippen molar-refractivity contribution in [2.75, 3.05) is 20.1 Å². The van der Waals surface area contributed by atoms with Crippen LogP contribution in [-0.2, 0) is 20.1 Å². The highest BCUT2D eigenvalue weighted by molar-refractivity contribution is 7.99. The van der Waals surface area contributed by atoms with Crippen LogP contribution >= 0.6 is 11.8 Å². The van der Waals surface area contributed by atoms with Crippen molar-refractivity contribution in [3.8, 4) is 0 Å². The molecule has 6 nitrogen and oxygen atoms in total. The lowest BCUT2D eigenvalue weighted by atomic mass is 9.65. The van der Waals surface area contributed by atoms with Crippen LogP contribution in [0, 0.1) is 17.8 Å². The summed E-state index contributed by atoms with van der Waals surface area (Å²) in [6.07, 6.45) is 15.1. The van der Waals surface area contributed by atoms with Gasteiger partial charge in [0, 0.05) is 35.7 Å². The summed E-state index contributed by atoms with van der Waals surface area (Å²) in [5.74, 6) is 2.19. The second-order valence-corrected chi connectivity index (χ2v) is 15.0. The standard InChI is InChI=1S/C34H47N3O3S/c1-36-15-7-12-25(36)13-14-35-34(39)28-20-37-29-16-23-10-5-6-11-24(23)17-30(29)40-31-19-26(18-27(32(31)37)33(28)38)41-21-22-8-3-2-4-9-22/h2-4,8-9,20,23-27,29-32H,5-7,10-19,21H2,1H3,(H,35,39). The zero-order chi connectivity index (χ0) is 27.9. The van der Waals surface area contributed by atoms with E-state index in [1.807, 2.05) is 18.0 Å². The number of ketones is 1. The van der Waals surface area contributed by atoms with Gasteiger partial charge in [0.15, 0.2) is 5.78 Å². The van der Waals surface area contributed by atoms with Crippen LogP contribution in [0.25, 0.3) is 0 Å². The van der Waals surface area contributed by atoms with Crippen molar-refractivity contribution in [3.05, 3.63) is 47.7 Å². The molecule has 6 aliphatic rings. The lowest BCUT2D eigenvalue weighted by Crippen LogP contribution is -2.68. The van der Waals surface area contributed by atoms with Gasteiger partial charge >= 0.3 is 0 Å². The lowest BCUT2D eigenvalue weighted by Gasteiger charge is -2.59. The number of carbonyl (C=O) groups is 2. The number of morpholine rings is 1. The Morgan fingerprint density at radius 3 is 2.59 bits per heavy atom. The van der Waals surface area contributed by atoms with Gasteiger partial charge in [-0.15, -0.1) is 0 Å². The third kappa shape index (κ3) is 5.63. The topological polar surface area (TPSA) is 61.9 Å². The Bertz CT molecular complexity index is 1140. The van der Waals surface area contributed by atoms with Crippen LogP contribution in [0.2, 0.25) is 0 Å². The Morgan fingerprint density at radius 1 is 1.00 bits per heavy atom. The number of benzene rings is 1. The van der Waals surface area contributed by atoms with Crippen LogP contribution < -0.4 is 5.32 Å². The van der Waals surface area contributed by atoms with E-state index in [0.717, 1.165) is 56.2 Å². The molecule has 7 rings (SSSR count). The van der Waals surface area contributed by atoms with Crippen molar-refractivity contribution >= 4 is 23.5 Å². The quantitative estimate of drug-likeness (QED) is 0.451. The Labute approximate surface area is 250 Å². The van der Waals surface area contributed by atoms with E-state index in [-0.39, 0.29) is 41.9 Å². The molecule has 3 heterocycles. The Hall–Kier alpha value is -1.83. The van der Waals surface area contributed by atoms with Crippen molar-refractivity contribution in [2.45, 2.75) is 112 Å². The van der Waals surface area contributed by atoms with Crippen LogP contribution in [0.4, 0.5) is 0 Å². The predicted molar refractivity (Wildman–Crippen MR) is 163 cm³/mol. The van der Waals surface area contributed by atoms with E-state index in [4.69, 9.17) is 4.74 Å². The molecule has 0 radical (unpaired) electrons. The number of Topliss-reactive ketones (excluding diaryl/α,β-unsaturated/α-hetero) is 1. The molecule has 1 aromatic rings. The van der Waals surface area contributed by atoms with Crippen LogP contribution in [0.15, 0.2) is 42.1 Å². The molecule has 3 saturated carbocycles. The maximum atomic E-state index is 14.1. The molecule has 3 aliphatic carbocycles. The second-order valence-electron chi connectivity index (χ2n) is 13.7. The maximum absolute atomic E-state index is 14.1. The van der Waals surface area contributed by atoms with Gasteiger partial charge in [-0.1, -0.05) is 56.0 Å². The highest BCUT2D eigenvalue weighted by Crippen LogP contribution is 2.51. The van der Waals surface area contributed by atoms with Gasteiger partial charge in [-0.3, -0.25) is 9.59 Å². The molecule has 1 aromatic carbocycles. The third-order valence-electron chi connectivity index (χ3n) is 11.3. The van der Waals surface area contributed by atoms with Crippen molar-refractivity contribution in [3.63, 3.8) is 0 Å². The van der Waals surface area contributed by atoms with Crippen LogP contribution in [0.1, 0.15) is 76.2 Å².